The highest BCUT2D eigenvalue weighted by Gasteiger charge is 2.23. The topological polar surface area (TPSA) is 12.5 Å². The molecule has 1 saturated heterocycles. The number of rotatable bonds is 2. The molecule has 0 amide bonds. The summed E-state index contributed by atoms with van der Waals surface area (Å²) in [6, 6.07) is 0. The maximum atomic E-state index is 12.2. The average Bonchev–Trinajstić information content (AvgIpc) is 2.03. The van der Waals surface area contributed by atoms with E-state index in [9.17, 15) is 4.39 Å². The predicted molar refractivity (Wildman–Crippen MR) is 42.4 cm³/mol. The maximum Gasteiger partial charge on any atom is 0.117 e. The average molecular weight is 161 g/mol. The van der Waals surface area contributed by atoms with Gasteiger partial charge in [-0.05, 0) is 13.5 Å². The first kappa shape index (κ1) is 8.94. The molecule has 0 aromatic rings. The molecule has 11 heavy (non-hydrogen) atoms. The van der Waals surface area contributed by atoms with Crippen LogP contribution in [0.1, 0.15) is 13.8 Å². The predicted octanol–water partition coefficient (Wildman–Crippen LogP) is 1.07. The summed E-state index contributed by atoms with van der Waals surface area (Å²) in [5.74, 6) is 0. The van der Waals surface area contributed by atoms with Crippen LogP contribution >= 0.6 is 0 Å². The zero-order valence-corrected chi connectivity index (χ0v) is 7.22. The summed E-state index contributed by atoms with van der Waals surface area (Å²) in [5.41, 5.74) is 0. The van der Waals surface area contributed by atoms with Gasteiger partial charge in [-0.3, -0.25) is 4.90 Å². The molecule has 66 valence electrons. The Morgan fingerprint density at radius 2 is 2.27 bits per heavy atom. The number of nitrogens with zero attached hydrogens (tertiary/aromatic N) is 1. The Hall–Kier alpha value is -0.150. The lowest BCUT2D eigenvalue weighted by Crippen LogP contribution is -2.47. The van der Waals surface area contributed by atoms with Crippen LogP contribution in [0.5, 0.6) is 0 Å². The van der Waals surface area contributed by atoms with Gasteiger partial charge in [-0.25, -0.2) is 4.39 Å². The molecule has 0 N–H and O–H groups in total. The lowest BCUT2D eigenvalue weighted by molar-refractivity contribution is -0.0830. The van der Waals surface area contributed by atoms with Crippen molar-refractivity contribution in [2.45, 2.75) is 26.1 Å². The van der Waals surface area contributed by atoms with Gasteiger partial charge < -0.3 is 4.74 Å². The molecular weight excluding hydrogens is 145 g/mol. The summed E-state index contributed by atoms with van der Waals surface area (Å²) in [7, 11) is 0. The summed E-state index contributed by atoms with van der Waals surface area (Å²) in [6.45, 7) is 6.40. The first-order chi connectivity index (χ1) is 5.26. The van der Waals surface area contributed by atoms with Crippen LogP contribution in [0, 0.1) is 0 Å². The van der Waals surface area contributed by atoms with Gasteiger partial charge >= 0.3 is 0 Å². The fourth-order valence-electron chi connectivity index (χ4n) is 1.48. The molecular formula is C8H16FNO. The minimum Gasteiger partial charge on any atom is -0.370 e. The molecule has 0 bridgehead atoms. The summed E-state index contributed by atoms with van der Waals surface area (Å²) in [4.78, 5) is 2.22. The second-order valence-electron chi connectivity index (χ2n) is 3.08. The molecule has 0 aromatic heterocycles. The standard InChI is InChI=1S/C8H16FNO/c1-3-10-5-7(2)11-8(4-9)6-10/h7-8H,3-6H2,1-2H3/t7-,8-/m1/s1. The summed E-state index contributed by atoms with van der Waals surface area (Å²) in [6.07, 6.45) is -0.0110. The molecule has 1 aliphatic rings. The largest absolute Gasteiger partial charge is 0.370 e. The summed E-state index contributed by atoms with van der Waals surface area (Å²) in [5, 5.41) is 0. The fraction of sp³-hybridized carbons (Fsp3) is 1.00. The number of ether oxygens (including phenoxy) is 1. The molecule has 2 nitrogen and oxygen atoms in total. The van der Waals surface area contributed by atoms with Gasteiger partial charge in [0.2, 0.25) is 0 Å². The third-order valence-corrected chi connectivity index (χ3v) is 2.02. The molecule has 1 rings (SSSR count). The smallest absolute Gasteiger partial charge is 0.117 e. The minimum atomic E-state index is -0.360. The lowest BCUT2D eigenvalue weighted by Gasteiger charge is -2.34. The van der Waals surface area contributed by atoms with Crippen LogP contribution in [0.15, 0.2) is 0 Å². The van der Waals surface area contributed by atoms with Gasteiger partial charge in [0.05, 0.1) is 12.2 Å². The number of hydrogen-bond donors (Lipinski definition) is 0. The van der Waals surface area contributed by atoms with E-state index in [-0.39, 0.29) is 18.9 Å². The zero-order chi connectivity index (χ0) is 8.27. The molecule has 0 radical (unpaired) electrons. The Morgan fingerprint density at radius 1 is 1.55 bits per heavy atom. The highest BCUT2D eigenvalue weighted by atomic mass is 19.1. The minimum absolute atomic E-state index is 0.185. The molecule has 0 spiro atoms. The van der Waals surface area contributed by atoms with Crippen molar-refractivity contribution in [3.63, 3.8) is 0 Å². The molecule has 1 heterocycles. The van der Waals surface area contributed by atoms with E-state index in [4.69, 9.17) is 4.74 Å². The Bertz CT molecular complexity index is 109. The molecule has 1 fully saturated rings. The number of hydrogen-bond acceptors (Lipinski definition) is 2. The highest BCUT2D eigenvalue weighted by molar-refractivity contribution is 4.73. The Labute approximate surface area is 67.3 Å². The van der Waals surface area contributed by atoms with Crippen molar-refractivity contribution in [2.75, 3.05) is 26.3 Å². The van der Waals surface area contributed by atoms with Gasteiger partial charge in [0.15, 0.2) is 0 Å². The fourth-order valence-corrected chi connectivity index (χ4v) is 1.48. The van der Waals surface area contributed by atoms with Crippen molar-refractivity contribution < 1.29 is 9.13 Å². The zero-order valence-electron chi connectivity index (χ0n) is 7.22. The Kier molecular flexibility index (Phi) is 3.27. The molecule has 0 aromatic carbocycles. The molecule has 3 heteroatoms. The van der Waals surface area contributed by atoms with Gasteiger partial charge in [0.1, 0.15) is 6.67 Å². The SMILES string of the molecule is CCN1C[C@@H](CF)O[C@H](C)C1. The van der Waals surface area contributed by atoms with Gasteiger partial charge in [-0.1, -0.05) is 6.92 Å². The summed E-state index contributed by atoms with van der Waals surface area (Å²) < 4.78 is 17.6. The second kappa shape index (κ2) is 4.02. The van der Waals surface area contributed by atoms with E-state index in [1.165, 1.54) is 0 Å². The van der Waals surface area contributed by atoms with E-state index < -0.39 is 0 Å². The van der Waals surface area contributed by atoms with Crippen LogP contribution < -0.4 is 0 Å². The van der Waals surface area contributed by atoms with Crippen LogP contribution in [0.4, 0.5) is 4.39 Å². The first-order valence-electron chi connectivity index (χ1n) is 4.20. The van der Waals surface area contributed by atoms with Crippen molar-refractivity contribution in [3.8, 4) is 0 Å². The van der Waals surface area contributed by atoms with Gasteiger partial charge in [-0.15, -0.1) is 0 Å². The van der Waals surface area contributed by atoms with Crippen molar-refractivity contribution in [2.24, 2.45) is 0 Å². The molecule has 1 aliphatic heterocycles. The number of alkyl halides is 1. The third-order valence-electron chi connectivity index (χ3n) is 2.02. The Morgan fingerprint density at radius 3 is 2.82 bits per heavy atom. The third kappa shape index (κ3) is 2.42. The van der Waals surface area contributed by atoms with E-state index in [2.05, 4.69) is 11.8 Å². The lowest BCUT2D eigenvalue weighted by atomic mass is 10.2. The van der Waals surface area contributed by atoms with Crippen LogP contribution in [-0.4, -0.2) is 43.4 Å². The number of halogens is 1. The van der Waals surface area contributed by atoms with E-state index in [1.54, 1.807) is 0 Å². The Balaban J connectivity index is 2.37. The van der Waals surface area contributed by atoms with E-state index in [1.807, 2.05) is 6.92 Å². The number of likely N-dealkylation sites (N-methyl/N-ethyl adjacent to an activating group) is 1. The summed E-state index contributed by atoms with van der Waals surface area (Å²) >= 11 is 0. The highest BCUT2D eigenvalue weighted by Crippen LogP contribution is 2.10. The first-order valence-corrected chi connectivity index (χ1v) is 4.20. The molecule has 0 aliphatic carbocycles. The molecule has 0 unspecified atom stereocenters. The van der Waals surface area contributed by atoms with Crippen LogP contribution in [-0.2, 0) is 4.74 Å². The molecule has 0 saturated carbocycles. The van der Waals surface area contributed by atoms with Crippen LogP contribution in [0.25, 0.3) is 0 Å². The van der Waals surface area contributed by atoms with E-state index in [0.717, 1.165) is 19.6 Å². The van der Waals surface area contributed by atoms with Crippen molar-refractivity contribution in [1.82, 2.24) is 4.90 Å². The quantitative estimate of drug-likeness (QED) is 0.600. The van der Waals surface area contributed by atoms with Crippen LogP contribution in [0.3, 0.4) is 0 Å². The normalized spacial score (nSPS) is 34.1. The van der Waals surface area contributed by atoms with Gasteiger partial charge in [0.25, 0.3) is 0 Å². The van der Waals surface area contributed by atoms with Crippen molar-refractivity contribution in [1.29, 1.82) is 0 Å². The van der Waals surface area contributed by atoms with Crippen molar-refractivity contribution in [3.05, 3.63) is 0 Å². The number of morpholine rings is 1. The van der Waals surface area contributed by atoms with E-state index in [0.29, 0.717) is 0 Å². The van der Waals surface area contributed by atoms with E-state index >= 15 is 0 Å². The monoisotopic (exact) mass is 161 g/mol. The maximum absolute atomic E-state index is 12.2. The van der Waals surface area contributed by atoms with Gasteiger partial charge in [-0.2, -0.15) is 0 Å². The van der Waals surface area contributed by atoms with Crippen LogP contribution in [0.2, 0.25) is 0 Å². The molecule has 2 atom stereocenters. The van der Waals surface area contributed by atoms with Gasteiger partial charge in [0, 0.05) is 13.1 Å². The second-order valence-corrected chi connectivity index (χ2v) is 3.08. The van der Waals surface area contributed by atoms with Crippen molar-refractivity contribution >= 4 is 0 Å².